The van der Waals surface area contributed by atoms with Crippen molar-refractivity contribution in [2.75, 3.05) is 18.1 Å². The third-order valence-electron chi connectivity index (χ3n) is 2.38. The van der Waals surface area contributed by atoms with Crippen molar-refractivity contribution in [2.45, 2.75) is 6.18 Å². The quantitative estimate of drug-likeness (QED) is 0.630. The number of thiophene rings is 1. The molecule has 0 aliphatic carbocycles. The lowest BCUT2D eigenvalue weighted by Crippen LogP contribution is -2.03. The van der Waals surface area contributed by atoms with Crippen molar-refractivity contribution in [1.82, 2.24) is 0 Å². The molecule has 0 aliphatic heterocycles. The second-order valence-corrected chi connectivity index (χ2v) is 5.22. The topological polar surface area (TPSA) is 38.3 Å². The summed E-state index contributed by atoms with van der Waals surface area (Å²) in [5, 5.41) is 3.65. The van der Waals surface area contributed by atoms with E-state index in [1.807, 2.05) is 11.6 Å². The third kappa shape index (κ3) is 5.61. The number of halogens is 3. The zero-order chi connectivity index (χ0) is 16.6. The summed E-state index contributed by atoms with van der Waals surface area (Å²) in [5.41, 5.74) is 0.811. The number of esters is 1. The average Bonchev–Trinajstić information content (AvgIpc) is 2.96. The highest BCUT2D eigenvalue weighted by Crippen LogP contribution is 2.28. The molecule has 0 saturated heterocycles. The lowest BCUT2D eigenvalue weighted by Gasteiger charge is -2.03. The van der Waals surface area contributed by atoms with Crippen LogP contribution in [0.1, 0.15) is 15.9 Å². The van der Waals surface area contributed by atoms with Gasteiger partial charge >= 0.3 is 12.1 Å². The number of alkyl halides is 3. The predicted molar refractivity (Wildman–Crippen MR) is 84.2 cm³/mol. The van der Waals surface area contributed by atoms with Crippen LogP contribution in [0.3, 0.4) is 0 Å². The second kappa shape index (κ2) is 8.70. The van der Waals surface area contributed by atoms with Gasteiger partial charge in [0, 0.05) is 17.0 Å². The molecule has 1 heterocycles. The van der Waals surface area contributed by atoms with Crippen LogP contribution < -0.4 is 4.72 Å². The molecule has 0 amide bonds. The minimum Gasteiger partial charge on any atom is -0.465 e. The minimum atomic E-state index is -4.21. The molecule has 22 heavy (non-hydrogen) atoms. The highest BCUT2D eigenvalue weighted by Gasteiger charge is 2.29. The lowest BCUT2D eigenvalue weighted by atomic mass is 10.2. The van der Waals surface area contributed by atoms with E-state index in [1.165, 1.54) is 42.5 Å². The lowest BCUT2D eigenvalue weighted by molar-refractivity contribution is -0.137. The van der Waals surface area contributed by atoms with Gasteiger partial charge in [-0.3, -0.25) is 0 Å². The maximum Gasteiger partial charge on any atom is 0.416 e. The molecule has 0 saturated carbocycles. The molecular formula is C14H14F3NO2S2. The van der Waals surface area contributed by atoms with Crippen molar-refractivity contribution in [3.05, 3.63) is 52.2 Å². The van der Waals surface area contributed by atoms with Gasteiger partial charge in [-0.15, -0.1) is 11.3 Å². The first kappa shape index (κ1) is 18.4. The molecule has 120 valence electrons. The number of anilines is 1. The van der Waals surface area contributed by atoms with Crippen LogP contribution in [0.5, 0.6) is 0 Å². The Labute approximate surface area is 134 Å². The maximum atomic E-state index is 11.8. The summed E-state index contributed by atoms with van der Waals surface area (Å²) in [4.78, 5) is 11.1. The largest absolute Gasteiger partial charge is 0.465 e. The Morgan fingerprint density at radius 1 is 1.23 bits per heavy atom. The zero-order valence-corrected chi connectivity index (χ0v) is 13.4. The maximum absolute atomic E-state index is 11.8. The standard InChI is InChI=1S/C7H5F3.C7H9NO2S2/c8-7(9,10)6-4-2-1-3-5-6;1-10-7(9)5-3-12-4-6(5)8-11-2/h1-5H;3-4,8H,1-2H3. The normalized spacial score (nSPS) is 10.4. The smallest absolute Gasteiger partial charge is 0.416 e. The van der Waals surface area contributed by atoms with Crippen molar-refractivity contribution >= 4 is 34.9 Å². The number of carbonyl (C=O) groups excluding carboxylic acids is 1. The van der Waals surface area contributed by atoms with Crippen LogP contribution in [0, 0.1) is 0 Å². The van der Waals surface area contributed by atoms with E-state index in [2.05, 4.69) is 9.46 Å². The molecular weight excluding hydrogens is 335 g/mol. The van der Waals surface area contributed by atoms with E-state index in [9.17, 15) is 18.0 Å². The van der Waals surface area contributed by atoms with Crippen LogP contribution >= 0.6 is 23.3 Å². The summed E-state index contributed by atoms with van der Waals surface area (Å²) in [6.45, 7) is 0. The molecule has 0 bridgehead atoms. The van der Waals surface area contributed by atoms with E-state index in [1.54, 1.807) is 11.4 Å². The van der Waals surface area contributed by atoms with Crippen molar-refractivity contribution in [1.29, 1.82) is 0 Å². The monoisotopic (exact) mass is 349 g/mol. The van der Waals surface area contributed by atoms with Gasteiger partial charge in [0.1, 0.15) is 0 Å². The number of ether oxygens (including phenoxy) is 1. The number of rotatable bonds is 3. The number of hydrogen-bond donors (Lipinski definition) is 1. The number of benzene rings is 1. The Bertz CT molecular complexity index is 585. The van der Waals surface area contributed by atoms with Gasteiger partial charge in [-0.2, -0.15) is 13.2 Å². The second-order valence-electron chi connectivity index (χ2n) is 3.86. The molecule has 0 unspecified atom stereocenters. The Hall–Kier alpha value is -1.67. The van der Waals surface area contributed by atoms with Crippen molar-refractivity contribution in [2.24, 2.45) is 0 Å². The molecule has 8 heteroatoms. The van der Waals surface area contributed by atoms with Gasteiger partial charge < -0.3 is 9.46 Å². The van der Waals surface area contributed by atoms with Crippen LogP contribution in [-0.2, 0) is 10.9 Å². The first-order chi connectivity index (χ1) is 10.4. The minimum absolute atomic E-state index is 0.298. The molecule has 0 fully saturated rings. The average molecular weight is 349 g/mol. The number of nitrogens with one attached hydrogen (secondary N) is 1. The Balaban J connectivity index is 0.000000224. The van der Waals surface area contributed by atoms with Crippen LogP contribution in [0.25, 0.3) is 0 Å². The van der Waals surface area contributed by atoms with Gasteiger partial charge in [0.25, 0.3) is 0 Å². The molecule has 3 nitrogen and oxygen atoms in total. The zero-order valence-electron chi connectivity index (χ0n) is 11.8. The number of carbonyl (C=O) groups is 1. The van der Waals surface area contributed by atoms with E-state index in [0.717, 1.165) is 17.8 Å². The fourth-order valence-corrected chi connectivity index (χ4v) is 2.59. The Morgan fingerprint density at radius 3 is 2.32 bits per heavy atom. The number of methoxy groups -OCH3 is 1. The van der Waals surface area contributed by atoms with E-state index in [-0.39, 0.29) is 5.97 Å². The fourth-order valence-electron chi connectivity index (χ4n) is 1.38. The van der Waals surface area contributed by atoms with E-state index in [0.29, 0.717) is 5.56 Å². The highest BCUT2D eigenvalue weighted by molar-refractivity contribution is 7.99. The number of hydrogen-bond acceptors (Lipinski definition) is 5. The van der Waals surface area contributed by atoms with Gasteiger partial charge in [0.15, 0.2) is 0 Å². The third-order valence-corrected chi connectivity index (χ3v) is 3.55. The summed E-state index contributed by atoms with van der Waals surface area (Å²) in [6, 6.07) is 6.36. The summed E-state index contributed by atoms with van der Waals surface area (Å²) >= 11 is 2.92. The van der Waals surface area contributed by atoms with Gasteiger partial charge in [-0.1, -0.05) is 42.3 Å². The molecule has 2 rings (SSSR count). The molecule has 0 spiro atoms. The van der Waals surface area contributed by atoms with Crippen LogP contribution in [0.2, 0.25) is 0 Å². The molecule has 0 radical (unpaired) electrons. The van der Waals surface area contributed by atoms with Gasteiger partial charge in [0.2, 0.25) is 0 Å². The molecule has 0 aliphatic rings. The van der Waals surface area contributed by atoms with Crippen molar-refractivity contribution < 1.29 is 22.7 Å². The van der Waals surface area contributed by atoms with E-state index in [4.69, 9.17) is 0 Å². The van der Waals surface area contributed by atoms with Gasteiger partial charge in [-0.25, -0.2) is 4.79 Å². The Morgan fingerprint density at radius 2 is 1.86 bits per heavy atom. The Kier molecular flexibility index (Phi) is 7.26. The molecule has 2 aromatic rings. The first-order valence-electron chi connectivity index (χ1n) is 5.96. The summed E-state index contributed by atoms with van der Waals surface area (Å²) in [5.74, 6) is -0.298. The van der Waals surface area contributed by atoms with Crippen LogP contribution in [-0.4, -0.2) is 19.3 Å². The first-order valence-corrected chi connectivity index (χ1v) is 8.12. The van der Waals surface area contributed by atoms with Gasteiger partial charge in [-0.05, 0) is 0 Å². The van der Waals surface area contributed by atoms with E-state index >= 15 is 0 Å². The van der Waals surface area contributed by atoms with E-state index < -0.39 is 11.7 Å². The summed E-state index contributed by atoms with van der Waals surface area (Å²) < 4.78 is 43.0. The molecule has 1 N–H and O–H groups in total. The molecule has 0 atom stereocenters. The highest BCUT2D eigenvalue weighted by atomic mass is 32.2. The predicted octanol–water partition coefficient (Wildman–Crippen LogP) is 4.93. The molecule has 1 aromatic heterocycles. The van der Waals surface area contributed by atoms with Crippen LogP contribution in [0.15, 0.2) is 41.1 Å². The van der Waals surface area contributed by atoms with Crippen molar-refractivity contribution in [3.63, 3.8) is 0 Å². The van der Waals surface area contributed by atoms with Crippen molar-refractivity contribution in [3.8, 4) is 0 Å². The summed E-state index contributed by atoms with van der Waals surface area (Å²) in [7, 11) is 1.38. The summed E-state index contributed by atoms with van der Waals surface area (Å²) in [6.07, 6.45) is -2.31. The fraction of sp³-hybridized carbons (Fsp3) is 0.214. The van der Waals surface area contributed by atoms with Gasteiger partial charge in [0.05, 0.1) is 23.9 Å². The SMILES string of the molecule is COC(=O)c1cscc1NSC.FC(F)(F)c1ccccc1. The van der Waals surface area contributed by atoms with Crippen LogP contribution in [0.4, 0.5) is 18.9 Å². The molecule has 1 aromatic carbocycles.